The van der Waals surface area contributed by atoms with E-state index < -0.39 is 15.8 Å². The lowest BCUT2D eigenvalue weighted by atomic mass is 10.1. The number of para-hydroxylation sites is 1. The highest BCUT2D eigenvalue weighted by atomic mass is 32.2. The van der Waals surface area contributed by atoms with Gasteiger partial charge in [0.15, 0.2) is 9.84 Å². The summed E-state index contributed by atoms with van der Waals surface area (Å²) in [4.78, 5) is 29.5. The third kappa shape index (κ3) is 4.88. The Morgan fingerprint density at radius 3 is 2.52 bits per heavy atom. The summed E-state index contributed by atoms with van der Waals surface area (Å²) in [5.74, 6) is -0.871. The molecule has 31 heavy (non-hydrogen) atoms. The zero-order valence-electron chi connectivity index (χ0n) is 17.3. The molecule has 0 radical (unpaired) electrons. The molecule has 0 bridgehead atoms. The van der Waals surface area contributed by atoms with Crippen LogP contribution in [0.4, 0.5) is 11.4 Å². The number of thioether (sulfide) groups is 1. The van der Waals surface area contributed by atoms with Crippen LogP contribution in [0.5, 0.6) is 0 Å². The van der Waals surface area contributed by atoms with Gasteiger partial charge in [-0.15, -0.1) is 11.8 Å². The van der Waals surface area contributed by atoms with Crippen LogP contribution in [-0.4, -0.2) is 62.8 Å². The van der Waals surface area contributed by atoms with Gasteiger partial charge in [0.1, 0.15) is 0 Å². The van der Waals surface area contributed by atoms with E-state index in [4.69, 9.17) is 0 Å². The predicted molar refractivity (Wildman–Crippen MR) is 122 cm³/mol. The Morgan fingerprint density at radius 2 is 1.81 bits per heavy atom. The summed E-state index contributed by atoms with van der Waals surface area (Å²) in [5, 5.41) is 2.71. The van der Waals surface area contributed by atoms with Crippen LogP contribution in [0.2, 0.25) is 0 Å². The normalized spacial score (nSPS) is 17.6. The van der Waals surface area contributed by atoms with E-state index in [1.165, 1.54) is 17.8 Å². The van der Waals surface area contributed by atoms with Crippen LogP contribution >= 0.6 is 11.8 Å². The zero-order chi connectivity index (χ0) is 22.0. The molecule has 0 aliphatic carbocycles. The van der Waals surface area contributed by atoms with Gasteiger partial charge in [-0.1, -0.05) is 25.1 Å². The van der Waals surface area contributed by atoms with Crippen molar-refractivity contribution in [3.63, 3.8) is 0 Å². The molecule has 0 spiro atoms. The fraction of sp³-hybridized carbons (Fsp3) is 0.364. The number of nitrogens with one attached hydrogen (secondary N) is 1. The van der Waals surface area contributed by atoms with Gasteiger partial charge in [-0.2, -0.15) is 0 Å². The van der Waals surface area contributed by atoms with Gasteiger partial charge in [-0.25, -0.2) is 8.42 Å². The van der Waals surface area contributed by atoms with Crippen molar-refractivity contribution in [2.75, 3.05) is 47.9 Å². The highest BCUT2D eigenvalue weighted by Gasteiger charge is 2.29. The van der Waals surface area contributed by atoms with Crippen molar-refractivity contribution in [1.29, 1.82) is 0 Å². The van der Waals surface area contributed by atoms with Gasteiger partial charge in [0.2, 0.25) is 11.8 Å². The Hall–Kier alpha value is -2.52. The highest BCUT2D eigenvalue weighted by Crippen LogP contribution is 2.33. The molecule has 9 heteroatoms. The number of benzene rings is 2. The van der Waals surface area contributed by atoms with E-state index in [0.717, 1.165) is 23.7 Å². The summed E-state index contributed by atoms with van der Waals surface area (Å²) in [6, 6.07) is 14.8. The quantitative estimate of drug-likeness (QED) is 0.739. The lowest BCUT2D eigenvalue weighted by Crippen LogP contribution is -2.50. The Labute approximate surface area is 186 Å². The van der Waals surface area contributed by atoms with Gasteiger partial charge in [-0.05, 0) is 30.3 Å². The van der Waals surface area contributed by atoms with Crippen LogP contribution in [0.3, 0.4) is 0 Å². The third-order valence-corrected chi connectivity index (χ3v) is 8.53. The fourth-order valence-corrected chi connectivity index (χ4v) is 6.24. The van der Waals surface area contributed by atoms with Gasteiger partial charge >= 0.3 is 0 Å². The van der Waals surface area contributed by atoms with E-state index in [2.05, 4.69) is 10.2 Å². The van der Waals surface area contributed by atoms with Crippen LogP contribution in [0, 0.1) is 5.92 Å². The molecule has 0 unspecified atom stereocenters. The molecular weight excluding hydrogens is 434 g/mol. The number of sulfone groups is 1. The summed E-state index contributed by atoms with van der Waals surface area (Å²) >= 11 is 1.38. The summed E-state index contributed by atoms with van der Waals surface area (Å²) in [5.41, 5.74) is 1.64. The average molecular weight is 460 g/mol. The molecule has 2 amide bonds. The van der Waals surface area contributed by atoms with Crippen LogP contribution in [0.1, 0.15) is 6.92 Å². The molecular formula is C22H25N3O4S2. The second-order valence-electron chi connectivity index (χ2n) is 7.83. The molecule has 1 atom stereocenters. The molecule has 164 valence electrons. The molecule has 2 aliphatic rings. The van der Waals surface area contributed by atoms with Crippen LogP contribution in [-0.2, 0) is 19.4 Å². The zero-order valence-corrected chi connectivity index (χ0v) is 18.9. The van der Waals surface area contributed by atoms with Gasteiger partial charge in [0, 0.05) is 42.7 Å². The van der Waals surface area contributed by atoms with Gasteiger partial charge in [0.25, 0.3) is 0 Å². The van der Waals surface area contributed by atoms with E-state index in [9.17, 15) is 18.0 Å². The Morgan fingerprint density at radius 1 is 1.10 bits per heavy atom. The number of piperazine rings is 1. The predicted octanol–water partition coefficient (Wildman–Crippen LogP) is 2.49. The molecule has 1 saturated heterocycles. The number of carbonyl (C=O) groups is 2. The first kappa shape index (κ1) is 21.7. The monoisotopic (exact) mass is 459 g/mol. The van der Waals surface area contributed by atoms with Crippen molar-refractivity contribution in [2.24, 2.45) is 5.92 Å². The number of hydrogen-bond acceptors (Lipinski definition) is 6. The molecule has 2 heterocycles. The van der Waals surface area contributed by atoms with Gasteiger partial charge < -0.3 is 15.1 Å². The van der Waals surface area contributed by atoms with E-state index in [0.29, 0.717) is 24.5 Å². The molecule has 1 N–H and O–H groups in total. The minimum atomic E-state index is -3.67. The number of hydrogen-bond donors (Lipinski definition) is 1. The highest BCUT2D eigenvalue weighted by molar-refractivity contribution is 8.00. The topological polar surface area (TPSA) is 86.8 Å². The Kier molecular flexibility index (Phi) is 6.24. The first-order chi connectivity index (χ1) is 14.8. The fourth-order valence-electron chi connectivity index (χ4n) is 3.89. The van der Waals surface area contributed by atoms with Crippen LogP contribution in [0.25, 0.3) is 0 Å². The first-order valence-electron chi connectivity index (χ1n) is 10.2. The van der Waals surface area contributed by atoms with Gasteiger partial charge in [-0.3, -0.25) is 9.59 Å². The number of amides is 2. The molecule has 1 fully saturated rings. The number of nitrogens with zero attached hydrogens (tertiary/aromatic N) is 2. The lowest BCUT2D eigenvalue weighted by molar-refractivity contribution is -0.134. The summed E-state index contributed by atoms with van der Waals surface area (Å²) < 4.78 is 25.9. The summed E-state index contributed by atoms with van der Waals surface area (Å²) in [6.45, 7) is 4.24. The van der Waals surface area contributed by atoms with E-state index in [1.54, 1.807) is 24.0 Å². The molecule has 0 saturated carbocycles. The second-order valence-corrected chi connectivity index (χ2v) is 10.9. The average Bonchev–Trinajstić information content (AvgIpc) is 2.78. The number of anilines is 2. The largest absolute Gasteiger partial charge is 0.368 e. The number of fused-ring (bicyclic) bond motifs is 1. The Bertz CT molecular complexity index is 1080. The summed E-state index contributed by atoms with van der Waals surface area (Å²) in [7, 11) is -3.67. The maximum absolute atomic E-state index is 12.9. The molecule has 2 aliphatic heterocycles. The van der Waals surface area contributed by atoms with Gasteiger partial charge in [0.05, 0.1) is 22.1 Å². The second kappa shape index (κ2) is 8.92. The van der Waals surface area contributed by atoms with Crippen molar-refractivity contribution < 1.29 is 18.0 Å². The summed E-state index contributed by atoms with van der Waals surface area (Å²) in [6.07, 6.45) is 0. The van der Waals surface area contributed by atoms with E-state index in [-0.39, 0.29) is 22.5 Å². The first-order valence-corrected chi connectivity index (χ1v) is 12.9. The molecule has 2 aromatic carbocycles. The standard InChI is InChI=1S/C22H25N3O4S2/c1-16(22(27)25-11-9-24(10-12-25)17-5-3-2-4-6-17)15-31(28,29)18-7-8-20-19(13-18)23-21(26)14-30-20/h2-8,13,16H,9-12,14-15H2,1H3,(H,23,26)/t16-/m1/s1. The third-order valence-electron chi connectivity index (χ3n) is 5.55. The maximum Gasteiger partial charge on any atom is 0.234 e. The molecule has 4 rings (SSSR count). The number of rotatable bonds is 5. The van der Waals surface area contributed by atoms with Crippen molar-refractivity contribution >= 4 is 44.8 Å². The molecule has 0 aromatic heterocycles. The minimum Gasteiger partial charge on any atom is -0.368 e. The smallest absolute Gasteiger partial charge is 0.234 e. The lowest BCUT2D eigenvalue weighted by Gasteiger charge is -2.37. The van der Waals surface area contributed by atoms with E-state index in [1.807, 2.05) is 30.3 Å². The van der Waals surface area contributed by atoms with Crippen molar-refractivity contribution in [2.45, 2.75) is 16.7 Å². The minimum absolute atomic E-state index is 0.127. The molecule has 2 aromatic rings. The van der Waals surface area contributed by atoms with Crippen LogP contribution in [0.15, 0.2) is 58.3 Å². The number of carbonyl (C=O) groups excluding carboxylic acids is 2. The van der Waals surface area contributed by atoms with Crippen molar-refractivity contribution in [3.8, 4) is 0 Å². The van der Waals surface area contributed by atoms with Crippen LogP contribution < -0.4 is 10.2 Å². The molecule has 7 nitrogen and oxygen atoms in total. The van der Waals surface area contributed by atoms with E-state index >= 15 is 0 Å². The van der Waals surface area contributed by atoms with Crippen molar-refractivity contribution in [3.05, 3.63) is 48.5 Å². The Balaban J connectivity index is 1.38. The SMILES string of the molecule is C[C@H](CS(=O)(=O)c1ccc2c(c1)NC(=O)CS2)C(=O)N1CCN(c2ccccc2)CC1. The van der Waals surface area contributed by atoms with Crippen molar-refractivity contribution in [1.82, 2.24) is 4.90 Å². The maximum atomic E-state index is 12.9.